The van der Waals surface area contributed by atoms with Crippen molar-refractivity contribution in [3.05, 3.63) is 81.2 Å². The summed E-state index contributed by atoms with van der Waals surface area (Å²) in [5.41, 5.74) is 2.48. The van der Waals surface area contributed by atoms with E-state index in [0.717, 1.165) is 21.6 Å². The van der Waals surface area contributed by atoms with E-state index in [-0.39, 0.29) is 11.2 Å². The maximum atomic E-state index is 6.79. The Bertz CT molecular complexity index is 1170. The van der Waals surface area contributed by atoms with Gasteiger partial charge in [0.1, 0.15) is 12.9 Å². The van der Waals surface area contributed by atoms with Crippen LogP contribution < -0.4 is 4.84 Å². The maximum absolute atomic E-state index is 6.79. The van der Waals surface area contributed by atoms with Crippen LogP contribution in [0.25, 0.3) is 10.1 Å². The number of benzene rings is 2. The zero-order valence-corrected chi connectivity index (χ0v) is 18.1. The predicted molar refractivity (Wildman–Crippen MR) is 118 cm³/mol. The number of thioether (sulfide) groups is 1. The van der Waals surface area contributed by atoms with Gasteiger partial charge in [-0.2, -0.15) is 4.73 Å². The van der Waals surface area contributed by atoms with Gasteiger partial charge in [-0.1, -0.05) is 47.5 Å². The number of hydrogen-bond acceptors (Lipinski definition) is 4. The average Bonchev–Trinajstić information content (AvgIpc) is 3.36. The summed E-state index contributed by atoms with van der Waals surface area (Å²) in [6.45, 7) is 0. The molecule has 4 aromatic rings. The molecule has 0 radical (unpaired) electrons. The van der Waals surface area contributed by atoms with Crippen LogP contribution in [-0.4, -0.2) is 22.1 Å². The number of halogens is 2. The van der Waals surface area contributed by atoms with Crippen LogP contribution in [0.2, 0.25) is 9.36 Å². The van der Waals surface area contributed by atoms with E-state index in [9.17, 15) is 0 Å². The van der Waals surface area contributed by atoms with E-state index in [1.807, 2.05) is 24.0 Å². The molecule has 0 saturated heterocycles. The van der Waals surface area contributed by atoms with Crippen LogP contribution in [-0.2, 0) is 6.42 Å². The fourth-order valence-corrected chi connectivity index (χ4v) is 7.12. The molecule has 1 aliphatic rings. The summed E-state index contributed by atoms with van der Waals surface area (Å²) in [5.74, 6) is 1.07. The number of rotatable bonds is 4. The average molecular weight is 447 g/mol. The van der Waals surface area contributed by atoms with Crippen LogP contribution in [0.5, 0.6) is 0 Å². The summed E-state index contributed by atoms with van der Waals surface area (Å²) in [6.07, 6.45) is 4.37. The molecule has 0 unspecified atom stereocenters. The molecule has 2 aromatic heterocycles. The highest BCUT2D eigenvalue weighted by atomic mass is 35.5. The standard InChI is InChI=1S/C21H16Cl2N2OS2/c1-26-25-9-8-24-18(25)11-17-19(14-7-6-12(22)10-16(14)27-17)20-13-4-2-3-5-15(13)28-21(20)23/h2-10,17,19H,11H2,1H3/t17-,19-/m0/s1. The second-order valence-corrected chi connectivity index (χ2v) is 10.0. The van der Waals surface area contributed by atoms with Gasteiger partial charge in [-0.15, -0.1) is 23.1 Å². The van der Waals surface area contributed by atoms with Crippen molar-refractivity contribution in [2.24, 2.45) is 0 Å². The molecule has 2 atom stereocenters. The fraction of sp³-hybridized carbons (Fsp3) is 0.190. The first-order valence-corrected chi connectivity index (χ1v) is 11.3. The van der Waals surface area contributed by atoms with Crippen molar-refractivity contribution in [3.63, 3.8) is 0 Å². The topological polar surface area (TPSA) is 27.1 Å². The van der Waals surface area contributed by atoms with E-state index in [1.165, 1.54) is 26.1 Å². The molecule has 142 valence electrons. The predicted octanol–water partition coefficient (Wildman–Crippen LogP) is 6.31. The minimum atomic E-state index is 0.169. The van der Waals surface area contributed by atoms with Crippen molar-refractivity contribution < 1.29 is 4.84 Å². The summed E-state index contributed by atoms with van der Waals surface area (Å²) in [7, 11) is 1.65. The fourth-order valence-electron chi connectivity index (χ4n) is 3.94. The number of aromatic nitrogens is 2. The van der Waals surface area contributed by atoms with Crippen molar-refractivity contribution in [2.75, 3.05) is 7.11 Å². The minimum Gasteiger partial charge on any atom is -0.416 e. The molecular weight excluding hydrogens is 431 g/mol. The van der Waals surface area contributed by atoms with Gasteiger partial charge in [0.25, 0.3) is 0 Å². The summed E-state index contributed by atoms with van der Waals surface area (Å²) in [5, 5.41) is 2.23. The van der Waals surface area contributed by atoms with Gasteiger partial charge in [0.15, 0.2) is 0 Å². The molecule has 1 aliphatic heterocycles. The van der Waals surface area contributed by atoms with Crippen LogP contribution in [0.4, 0.5) is 0 Å². The molecule has 28 heavy (non-hydrogen) atoms. The Kier molecular flexibility index (Phi) is 4.79. The van der Waals surface area contributed by atoms with Gasteiger partial charge in [-0.25, -0.2) is 4.98 Å². The molecule has 3 heterocycles. The Morgan fingerprint density at radius 1 is 1.18 bits per heavy atom. The Morgan fingerprint density at radius 3 is 2.89 bits per heavy atom. The first-order valence-electron chi connectivity index (χ1n) is 8.85. The third-order valence-corrected chi connectivity index (χ3v) is 8.12. The first-order chi connectivity index (χ1) is 13.7. The highest BCUT2D eigenvalue weighted by Crippen LogP contribution is 2.54. The molecule has 2 aromatic carbocycles. The zero-order valence-electron chi connectivity index (χ0n) is 14.9. The van der Waals surface area contributed by atoms with Crippen molar-refractivity contribution in [1.82, 2.24) is 9.71 Å². The third kappa shape index (κ3) is 3.01. The summed E-state index contributed by atoms with van der Waals surface area (Å²) >= 11 is 16.6. The van der Waals surface area contributed by atoms with Gasteiger partial charge >= 0.3 is 0 Å². The molecule has 0 fully saturated rings. The second-order valence-electron chi connectivity index (χ2n) is 6.66. The monoisotopic (exact) mass is 446 g/mol. The molecule has 7 heteroatoms. The quantitative estimate of drug-likeness (QED) is 0.367. The summed E-state index contributed by atoms with van der Waals surface area (Å²) in [6, 6.07) is 14.6. The zero-order chi connectivity index (χ0) is 19.3. The molecule has 5 rings (SSSR count). The van der Waals surface area contributed by atoms with Crippen LogP contribution in [0.1, 0.15) is 22.9 Å². The van der Waals surface area contributed by atoms with Crippen molar-refractivity contribution >= 4 is 56.4 Å². The van der Waals surface area contributed by atoms with Gasteiger partial charge < -0.3 is 4.84 Å². The Labute approximate surface area is 181 Å². The summed E-state index contributed by atoms with van der Waals surface area (Å²) < 4.78 is 3.79. The number of thiophene rings is 1. The van der Waals surface area contributed by atoms with Gasteiger partial charge in [0, 0.05) is 38.4 Å². The number of imidazole rings is 1. The lowest BCUT2D eigenvalue weighted by Gasteiger charge is -2.20. The molecule has 0 amide bonds. The van der Waals surface area contributed by atoms with Crippen molar-refractivity contribution in [2.45, 2.75) is 22.5 Å². The molecule has 0 saturated carbocycles. The lowest BCUT2D eigenvalue weighted by Crippen LogP contribution is -2.19. The molecule has 0 bridgehead atoms. The molecular formula is C21H16Cl2N2OS2. The second kappa shape index (κ2) is 7.30. The van der Waals surface area contributed by atoms with Gasteiger partial charge in [-0.05, 0) is 34.7 Å². The van der Waals surface area contributed by atoms with E-state index < -0.39 is 0 Å². The van der Waals surface area contributed by atoms with Crippen LogP contribution in [0.3, 0.4) is 0 Å². The van der Waals surface area contributed by atoms with Crippen molar-refractivity contribution in [3.8, 4) is 0 Å². The molecule has 3 nitrogen and oxygen atoms in total. The van der Waals surface area contributed by atoms with E-state index in [2.05, 4.69) is 41.4 Å². The van der Waals surface area contributed by atoms with E-state index in [0.29, 0.717) is 0 Å². The van der Waals surface area contributed by atoms with Gasteiger partial charge in [-0.3, -0.25) is 0 Å². The van der Waals surface area contributed by atoms with Gasteiger partial charge in [0.05, 0.1) is 10.5 Å². The third-order valence-electron chi connectivity index (χ3n) is 5.12. The maximum Gasteiger partial charge on any atom is 0.145 e. The number of nitrogens with zero attached hydrogens (tertiary/aromatic N) is 2. The van der Waals surface area contributed by atoms with E-state index in [1.54, 1.807) is 29.4 Å². The SMILES string of the molecule is COn1ccnc1C[C@@H]1Sc2cc(Cl)ccc2[C@@H]1c1c(Cl)sc2ccccc12. The van der Waals surface area contributed by atoms with E-state index in [4.69, 9.17) is 28.0 Å². The minimum absolute atomic E-state index is 0.169. The molecule has 0 N–H and O–H groups in total. The molecule has 0 spiro atoms. The normalized spacial score (nSPS) is 18.5. The Hall–Kier alpha value is -1.66. The lowest BCUT2D eigenvalue weighted by atomic mass is 9.87. The summed E-state index contributed by atoms with van der Waals surface area (Å²) in [4.78, 5) is 11.1. The van der Waals surface area contributed by atoms with Crippen LogP contribution in [0.15, 0.2) is 59.8 Å². The number of hydrogen-bond donors (Lipinski definition) is 0. The molecule has 0 aliphatic carbocycles. The number of fused-ring (bicyclic) bond motifs is 2. The Morgan fingerprint density at radius 2 is 2.04 bits per heavy atom. The van der Waals surface area contributed by atoms with Crippen LogP contribution in [0, 0.1) is 0 Å². The van der Waals surface area contributed by atoms with Crippen molar-refractivity contribution in [1.29, 1.82) is 0 Å². The van der Waals surface area contributed by atoms with E-state index >= 15 is 0 Å². The Balaban J connectivity index is 1.65. The van der Waals surface area contributed by atoms with Crippen LogP contribution >= 0.6 is 46.3 Å². The lowest BCUT2D eigenvalue weighted by molar-refractivity contribution is 0.157. The highest BCUT2D eigenvalue weighted by molar-refractivity contribution is 8.00. The van der Waals surface area contributed by atoms with Gasteiger partial charge in [0.2, 0.25) is 0 Å². The smallest absolute Gasteiger partial charge is 0.145 e. The first kappa shape index (κ1) is 18.4. The highest BCUT2D eigenvalue weighted by Gasteiger charge is 2.38. The largest absolute Gasteiger partial charge is 0.416 e.